The third-order valence-corrected chi connectivity index (χ3v) is 21.7. The number of nitrogens with one attached hydrogen (secondary N) is 1. The van der Waals surface area contributed by atoms with Gasteiger partial charge in [0.15, 0.2) is 17.3 Å². The van der Waals surface area contributed by atoms with Gasteiger partial charge < -0.3 is 47.7 Å². The monoisotopic (exact) mass is 1430 g/mol. The van der Waals surface area contributed by atoms with Crippen LogP contribution >= 0.6 is 11.6 Å². The van der Waals surface area contributed by atoms with E-state index in [4.69, 9.17) is 25.8 Å². The van der Waals surface area contributed by atoms with Crippen LogP contribution in [-0.4, -0.2) is 162 Å². The largest absolute Gasteiger partial charge is 0.491 e. The van der Waals surface area contributed by atoms with Crippen molar-refractivity contribution < 1.29 is 72.1 Å². The number of alkyl halides is 6. The molecule has 4 aromatic heterocycles. The predicted molar refractivity (Wildman–Crippen MR) is 372 cm³/mol. The molecule has 0 radical (unpaired) electrons. The van der Waals surface area contributed by atoms with Crippen LogP contribution < -0.4 is 19.5 Å². The Labute approximate surface area is 594 Å². The molecule has 3 spiro atoms. The maximum absolute atomic E-state index is 14.4. The lowest BCUT2D eigenvalue weighted by atomic mass is 9.79. The molecule has 552 valence electrons. The highest BCUT2D eigenvalue weighted by Crippen LogP contribution is 2.51. The molecule has 2 N–H and O–H groups in total. The fourth-order valence-electron chi connectivity index (χ4n) is 15.9. The SMILES string of the molecule is CC(C)Oc1ccc(C(=O)N2CCC3(CC2)NC(C)(C)Cn2c(C(F)(F)F)ccc23)cc1F.CC(C)Oc1ccc(C(=O)N2CCC3(CC2)c2ccc(C(=O)C4(C)CC4)n2CCN3C)cc1CO.Cc1cc(C(=O)N2CCC3(CC2)c2c(Cl)cc(C(F)(F)F)n2CCN3C)ncc1OC(C)C.[HH].[HH]. The zero-order valence-corrected chi connectivity index (χ0v) is 60.5. The Balaban J connectivity index is 0.000000178. The molecule has 1 saturated carbocycles. The number of carbonyl (C=O) groups is 4. The molecule has 1 aliphatic carbocycles. The van der Waals surface area contributed by atoms with E-state index >= 15 is 0 Å². The van der Waals surface area contributed by atoms with Crippen molar-refractivity contribution in [2.24, 2.45) is 5.41 Å². The number of likely N-dealkylation sites (N-methyl/N-ethyl adjacent to an activating group) is 2. The van der Waals surface area contributed by atoms with Crippen LogP contribution in [-0.2, 0) is 55.2 Å². The number of amides is 3. The summed E-state index contributed by atoms with van der Waals surface area (Å²) in [5.41, 5.74) is 2.19. The molecular formula is C75H98ClF7N10O8. The van der Waals surface area contributed by atoms with E-state index in [0.717, 1.165) is 62.2 Å². The van der Waals surface area contributed by atoms with Crippen molar-refractivity contribution in [3.05, 3.63) is 152 Å². The average molecular weight is 1440 g/mol. The molecule has 13 rings (SSSR count). The van der Waals surface area contributed by atoms with E-state index in [0.29, 0.717) is 111 Å². The molecule has 18 nitrogen and oxygen atoms in total. The first kappa shape index (κ1) is 74.7. The van der Waals surface area contributed by atoms with Crippen molar-refractivity contribution in [2.45, 2.75) is 200 Å². The summed E-state index contributed by atoms with van der Waals surface area (Å²) in [6.45, 7) is 24.3. The normalized spacial score (nSPS) is 19.7. The number of halogens is 8. The van der Waals surface area contributed by atoms with Crippen molar-refractivity contribution in [1.82, 2.24) is 48.5 Å². The fourth-order valence-corrected chi connectivity index (χ4v) is 16.3. The summed E-state index contributed by atoms with van der Waals surface area (Å²) in [5, 5.41) is 13.5. The van der Waals surface area contributed by atoms with Crippen LogP contribution in [0.15, 0.2) is 79.0 Å². The molecule has 101 heavy (non-hydrogen) atoms. The van der Waals surface area contributed by atoms with E-state index < -0.39 is 46.2 Å². The highest BCUT2D eigenvalue weighted by molar-refractivity contribution is 6.31. The Kier molecular flexibility index (Phi) is 20.9. The van der Waals surface area contributed by atoms with E-state index in [1.165, 1.54) is 33.0 Å². The van der Waals surface area contributed by atoms with Crippen molar-refractivity contribution in [3.63, 3.8) is 0 Å². The second kappa shape index (κ2) is 28.3. The first-order valence-corrected chi connectivity index (χ1v) is 35.4. The molecule has 26 heteroatoms. The first-order chi connectivity index (χ1) is 47.4. The number of ketones is 1. The van der Waals surface area contributed by atoms with E-state index in [2.05, 4.69) is 44.7 Å². The van der Waals surface area contributed by atoms with Gasteiger partial charge in [0, 0.05) is 114 Å². The predicted octanol–water partition coefficient (Wildman–Crippen LogP) is 14.0. The van der Waals surface area contributed by atoms with Gasteiger partial charge in [0.2, 0.25) is 0 Å². The number of hydrogen-bond donors (Lipinski definition) is 2. The van der Waals surface area contributed by atoms with Crippen LogP contribution in [0.25, 0.3) is 0 Å². The minimum absolute atomic E-state index is 0. The van der Waals surface area contributed by atoms with Crippen LogP contribution in [0.1, 0.15) is 198 Å². The Bertz CT molecular complexity index is 4090. The van der Waals surface area contributed by atoms with E-state index in [1.807, 2.05) is 66.5 Å². The molecule has 0 atom stereocenters. The van der Waals surface area contributed by atoms with Crippen LogP contribution in [0, 0.1) is 18.2 Å². The molecular weight excluding hydrogens is 1340 g/mol. The number of piperidine rings is 3. The highest BCUT2D eigenvalue weighted by Gasteiger charge is 2.53. The summed E-state index contributed by atoms with van der Waals surface area (Å²) in [6, 6.07) is 19.1. The summed E-state index contributed by atoms with van der Waals surface area (Å²) >= 11 is 6.37. The number of ether oxygens (including phenoxy) is 3. The number of rotatable bonds is 12. The quantitative estimate of drug-likeness (QED) is 0.0879. The van der Waals surface area contributed by atoms with Crippen LogP contribution in [0.2, 0.25) is 5.02 Å². The summed E-state index contributed by atoms with van der Waals surface area (Å²) in [4.78, 5) is 66.7. The molecule has 0 unspecified atom stereocenters. The average Bonchev–Trinajstić information content (AvgIpc) is 1.48. The Morgan fingerprint density at radius 3 is 1.63 bits per heavy atom. The van der Waals surface area contributed by atoms with Gasteiger partial charge in [0.05, 0.1) is 64.1 Å². The van der Waals surface area contributed by atoms with Gasteiger partial charge in [-0.1, -0.05) is 18.5 Å². The minimum Gasteiger partial charge on any atom is -0.491 e. The number of aryl methyl sites for hydroxylation is 1. The lowest BCUT2D eigenvalue weighted by Crippen LogP contribution is -2.63. The van der Waals surface area contributed by atoms with Crippen molar-refractivity contribution in [1.29, 1.82) is 0 Å². The molecule has 7 aliphatic rings. The van der Waals surface area contributed by atoms with Gasteiger partial charge in [-0.2, -0.15) is 26.3 Å². The molecule has 3 amide bonds. The van der Waals surface area contributed by atoms with E-state index in [1.54, 1.807) is 60.2 Å². The number of aromatic nitrogens is 4. The first-order valence-electron chi connectivity index (χ1n) is 35.0. The van der Waals surface area contributed by atoms with Gasteiger partial charge >= 0.3 is 12.4 Å². The molecule has 6 aliphatic heterocycles. The van der Waals surface area contributed by atoms with Crippen LogP contribution in [0.4, 0.5) is 30.7 Å². The Morgan fingerprint density at radius 1 is 0.584 bits per heavy atom. The van der Waals surface area contributed by atoms with Gasteiger partial charge in [-0.05, 0) is 206 Å². The number of aliphatic hydroxyl groups excluding tert-OH is 1. The highest BCUT2D eigenvalue weighted by atomic mass is 35.5. The maximum atomic E-state index is 14.4. The van der Waals surface area contributed by atoms with Crippen molar-refractivity contribution >= 4 is 35.1 Å². The van der Waals surface area contributed by atoms with Crippen LogP contribution in [0.5, 0.6) is 17.2 Å². The lowest BCUT2D eigenvalue weighted by Gasteiger charge is -2.51. The molecule has 6 aromatic rings. The molecule has 2 aromatic carbocycles. The van der Waals surface area contributed by atoms with Gasteiger partial charge in [-0.3, -0.25) is 34.3 Å². The minimum atomic E-state index is -4.47. The molecule has 10 heterocycles. The lowest BCUT2D eigenvalue weighted by molar-refractivity contribution is -0.145. The second-order valence-corrected chi connectivity index (χ2v) is 30.5. The standard InChI is InChI=1S/C28H37N3O4.C24H29F4N3O2.C23H28ClF3N4O2.2H2/c1-19(2)35-23-7-5-20(17-21(23)18-32)26(34)30-13-11-28(12-14-30)24-8-6-22(25(33)27(3)9-10-27)31(24)16-15-29(28)4;1-15(2)33-18-6-5-16(13-17(18)25)21(32)30-11-9-23(10-12-30)19-7-8-20(24(26,27)28)31(19)14-22(3,4)29-23;1-14(2)33-18-13-28-17(11-15(18)3)21(32)30-7-5-22(6-8-30)20-16(24)12-19(23(25,26)27)31(20)10-9-29(22)4;;/h5-8,17,19,32H,9-16,18H2,1-4H3;5-8,13,15,29H,9-12,14H2,1-4H3;11-14H,5-10H2,1-4H3;2*1H. The number of carbonyl (C=O) groups excluding carboxylic acids is 4. The second-order valence-electron chi connectivity index (χ2n) is 30.0. The maximum Gasteiger partial charge on any atom is 0.431 e. The summed E-state index contributed by atoms with van der Waals surface area (Å²) in [6.07, 6.45) is -2.02. The van der Waals surface area contributed by atoms with Crippen molar-refractivity contribution in [3.8, 4) is 17.2 Å². The summed E-state index contributed by atoms with van der Waals surface area (Å²) in [7, 11) is 4.08. The van der Waals surface area contributed by atoms with Gasteiger partial charge in [0.25, 0.3) is 17.7 Å². The number of likely N-dealkylation sites (tertiary alicyclic amines) is 3. The van der Waals surface area contributed by atoms with Gasteiger partial charge in [-0.25, -0.2) is 9.37 Å². The number of fused-ring (bicyclic) bond motifs is 6. The van der Waals surface area contributed by atoms with E-state index in [-0.39, 0.29) is 91.7 Å². The van der Waals surface area contributed by atoms with Crippen LogP contribution in [0.3, 0.4) is 0 Å². The number of hydrogen-bond acceptors (Lipinski definition) is 12. The summed E-state index contributed by atoms with van der Waals surface area (Å²) < 4.78 is 118. The molecule has 0 bridgehead atoms. The zero-order chi connectivity index (χ0) is 73.3. The van der Waals surface area contributed by atoms with Gasteiger partial charge in [0.1, 0.15) is 28.6 Å². The molecule has 4 fully saturated rings. The summed E-state index contributed by atoms with van der Waals surface area (Å²) in [5.74, 6) is 0.509. The Hall–Kier alpha value is -7.45. The number of pyridine rings is 1. The zero-order valence-electron chi connectivity index (χ0n) is 59.7. The number of benzene rings is 2. The fraction of sp³-hybridized carbons (Fsp3) is 0.560. The number of Topliss-reactive ketones (excluding diaryl/α,β-unsaturated/α-hetero) is 1. The number of aliphatic hydroxyl groups is 1. The third-order valence-electron chi connectivity index (χ3n) is 21.4. The van der Waals surface area contributed by atoms with Gasteiger partial charge in [-0.15, -0.1) is 0 Å². The number of nitrogens with zero attached hydrogens (tertiary/aromatic N) is 9. The Morgan fingerprint density at radius 2 is 1.09 bits per heavy atom. The third kappa shape index (κ3) is 14.9. The topological polar surface area (TPSA) is 172 Å². The van der Waals surface area contributed by atoms with E-state index in [9.17, 15) is 55.0 Å². The molecule has 3 saturated heterocycles. The van der Waals surface area contributed by atoms with Crippen molar-refractivity contribution in [2.75, 3.05) is 66.5 Å². The smallest absolute Gasteiger partial charge is 0.431 e.